The van der Waals surface area contributed by atoms with Gasteiger partial charge in [0.2, 0.25) is 5.91 Å². The zero-order valence-corrected chi connectivity index (χ0v) is 13.6. The highest BCUT2D eigenvalue weighted by atomic mass is 16.5. The summed E-state index contributed by atoms with van der Waals surface area (Å²) in [7, 11) is 0. The number of likely N-dealkylation sites (tertiary alicyclic amines) is 1. The van der Waals surface area contributed by atoms with Crippen molar-refractivity contribution in [3.05, 3.63) is 0 Å². The van der Waals surface area contributed by atoms with Crippen LogP contribution in [-0.4, -0.2) is 61.1 Å². The maximum atomic E-state index is 13.0. The third kappa shape index (κ3) is 2.87. The molecule has 0 bridgehead atoms. The zero-order valence-electron chi connectivity index (χ0n) is 13.6. The highest BCUT2D eigenvalue weighted by molar-refractivity contribution is 5.86. The van der Waals surface area contributed by atoms with Crippen molar-refractivity contribution in [1.29, 1.82) is 5.26 Å². The molecular formula is C17H27N3O2. The Morgan fingerprint density at radius 2 is 1.86 bits per heavy atom. The van der Waals surface area contributed by atoms with Gasteiger partial charge in [-0.05, 0) is 18.8 Å². The Kier molecular flexibility index (Phi) is 4.70. The van der Waals surface area contributed by atoms with E-state index in [0.29, 0.717) is 12.0 Å². The molecule has 0 aromatic heterocycles. The standard InChI is InChI=1S/C17H27N3O2/c1-14-11-20(12-15(14)19-7-9-22-10-8-19)16(21)17(13-18)5-3-2-4-6-17/h14-15H,2-12H2,1H3/t14-,15-/m1/s1. The number of carbonyl (C=O) groups is 1. The average molecular weight is 305 g/mol. The number of carbonyl (C=O) groups excluding carboxylic acids is 1. The number of morpholine rings is 1. The third-order valence-electron chi connectivity index (χ3n) is 5.71. The van der Waals surface area contributed by atoms with Crippen LogP contribution in [0.5, 0.6) is 0 Å². The van der Waals surface area contributed by atoms with E-state index in [2.05, 4.69) is 17.9 Å². The molecule has 3 rings (SSSR count). The van der Waals surface area contributed by atoms with Gasteiger partial charge >= 0.3 is 0 Å². The van der Waals surface area contributed by atoms with Gasteiger partial charge in [0.25, 0.3) is 0 Å². The molecule has 0 unspecified atom stereocenters. The lowest BCUT2D eigenvalue weighted by atomic mass is 9.74. The molecule has 0 spiro atoms. The third-order valence-corrected chi connectivity index (χ3v) is 5.71. The second-order valence-electron chi connectivity index (χ2n) is 7.16. The SMILES string of the molecule is C[C@@H]1CN(C(=O)C2(C#N)CCCCC2)C[C@H]1N1CCOCC1. The summed E-state index contributed by atoms with van der Waals surface area (Å²) >= 11 is 0. The molecule has 122 valence electrons. The van der Waals surface area contributed by atoms with Crippen LogP contribution < -0.4 is 0 Å². The fourth-order valence-corrected chi connectivity index (χ4v) is 4.33. The fraction of sp³-hybridized carbons (Fsp3) is 0.882. The Morgan fingerprint density at radius 3 is 2.50 bits per heavy atom. The van der Waals surface area contributed by atoms with Gasteiger partial charge in [0.15, 0.2) is 0 Å². The van der Waals surface area contributed by atoms with Gasteiger partial charge in [-0.2, -0.15) is 5.26 Å². The topological polar surface area (TPSA) is 56.6 Å². The van der Waals surface area contributed by atoms with Crippen molar-refractivity contribution < 1.29 is 9.53 Å². The van der Waals surface area contributed by atoms with Crippen LogP contribution in [0.2, 0.25) is 0 Å². The highest BCUT2D eigenvalue weighted by Crippen LogP contribution is 2.39. The molecule has 2 aliphatic heterocycles. The first-order valence-electron chi connectivity index (χ1n) is 8.69. The molecule has 0 N–H and O–H groups in total. The molecule has 0 aromatic carbocycles. The molecular weight excluding hydrogens is 278 g/mol. The quantitative estimate of drug-likeness (QED) is 0.778. The van der Waals surface area contributed by atoms with Crippen LogP contribution in [0.15, 0.2) is 0 Å². The van der Waals surface area contributed by atoms with Gasteiger partial charge in [-0.25, -0.2) is 0 Å². The van der Waals surface area contributed by atoms with Crippen molar-refractivity contribution in [2.75, 3.05) is 39.4 Å². The molecule has 1 saturated carbocycles. The van der Waals surface area contributed by atoms with E-state index in [0.717, 1.165) is 71.5 Å². The number of ether oxygens (including phenoxy) is 1. The fourth-order valence-electron chi connectivity index (χ4n) is 4.33. The Balaban J connectivity index is 1.67. The highest BCUT2D eigenvalue weighted by Gasteiger charge is 2.46. The number of hydrogen-bond donors (Lipinski definition) is 0. The average Bonchev–Trinajstić information content (AvgIpc) is 2.97. The molecule has 22 heavy (non-hydrogen) atoms. The van der Waals surface area contributed by atoms with Crippen LogP contribution in [-0.2, 0) is 9.53 Å². The second kappa shape index (κ2) is 6.55. The minimum absolute atomic E-state index is 0.0947. The van der Waals surface area contributed by atoms with E-state index in [1.165, 1.54) is 0 Å². The van der Waals surface area contributed by atoms with E-state index in [1.807, 2.05) is 4.90 Å². The summed E-state index contributed by atoms with van der Waals surface area (Å²) in [6.45, 7) is 7.31. The van der Waals surface area contributed by atoms with E-state index in [-0.39, 0.29) is 5.91 Å². The van der Waals surface area contributed by atoms with Crippen molar-refractivity contribution >= 4 is 5.91 Å². The van der Waals surface area contributed by atoms with Gasteiger partial charge in [0.1, 0.15) is 5.41 Å². The molecule has 2 heterocycles. The summed E-state index contributed by atoms with van der Waals surface area (Å²) in [4.78, 5) is 17.4. The van der Waals surface area contributed by atoms with Crippen molar-refractivity contribution in [1.82, 2.24) is 9.80 Å². The first-order chi connectivity index (χ1) is 10.7. The van der Waals surface area contributed by atoms with Crippen molar-refractivity contribution in [2.24, 2.45) is 11.3 Å². The molecule has 0 radical (unpaired) electrons. The largest absolute Gasteiger partial charge is 0.379 e. The summed E-state index contributed by atoms with van der Waals surface area (Å²) in [6, 6.07) is 2.80. The summed E-state index contributed by atoms with van der Waals surface area (Å²) in [5.41, 5.74) is -0.738. The lowest BCUT2D eigenvalue weighted by Gasteiger charge is -2.35. The number of hydrogen-bond acceptors (Lipinski definition) is 4. The van der Waals surface area contributed by atoms with E-state index < -0.39 is 5.41 Å². The summed E-state index contributed by atoms with van der Waals surface area (Å²) in [5, 5.41) is 9.63. The Labute approximate surface area is 133 Å². The maximum absolute atomic E-state index is 13.0. The summed E-state index contributed by atoms with van der Waals surface area (Å²) < 4.78 is 5.43. The van der Waals surface area contributed by atoms with Crippen LogP contribution in [0.1, 0.15) is 39.0 Å². The molecule has 2 atom stereocenters. The van der Waals surface area contributed by atoms with Gasteiger partial charge in [-0.1, -0.05) is 26.2 Å². The molecule has 3 aliphatic rings. The minimum Gasteiger partial charge on any atom is -0.379 e. The van der Waals surface area contributed by atoms with Crippen LogP contribution in [0, 0.1) is 22.7 Å². The van der Waals surface area contributed by atoms with Crippen LogP contribution in [0.25, 0.3) is 0 Å². The molecule has 5 heteroatoms. The molecule has 3 fully saturated rings. The minimum atomic E-state index is -0.738. The lowest BCUT2D eigenvalue weighted by Crippen LogP contribution is -2.48. The van der Waals surface area contributed by atoms with Gasteiger partial charge in [-0.3, -0.25) is 9.69 Å². The Hall–Kier alpha value is -1.12. The Bertz CT molecular complexity index is 447. The summed E-state index contributed by atoms with van der Waals surface area (Å²) in [5.74, 6) is 0.568. The van der Waals surface area contributed by atoms with Crippen LogP contribution >= 0.6 is 0 Å². The number of rotatable bonds is 2. The smallest absolute Gasteiger partial charge is 0.243 e. The van der Waals surface area contributed by atoms with Crippen molar-refractivity contribution in [3.63, 3.8) is 0 Å². The van der Waals surface area contributed by atoms with E-state index in [1.54, 1.807) is 0 Å². The first-order valence-corrected chi connectivity index (χ1v) is 8.69. The summed E-state index contributed by atoms with van der Waals surface area (Å²) in [6.07, 6.45) is 4.67. The number of nitrogens with zero attached hydrogens (tertiary/aromatic N) is 3. The van der Waals surface area contributed by atoms with Gasteiger partial charge in [0, 0.05) is 32.2 Å². The maximum Gasteiger partial charge on any atom is 0.243 e. The van der Waals surface area contributed by atoms with Gasteiger partial charge < -0.3 is 9.64 Å². The molecule has 0 aromatic rings. The first kappa shape index (κ1) is 15.8. The number of amides is 1. The lowest BCUT2D eigenvalue weighted by molar-refractivity contribution is -0.139. The monoisotopic (exact) mass is 305 g/mol. The Morgan fingerprint density at radius 1 is 1.18 bits per heavy atom. The normalized spacial score (nSPS) is 32.6. The molecule has 5 nitrogen and oxygen atoms in total. The van der Waals surface area contributed by atoms with Gasteiger partial charge in [-0.15, -0.1) is 0 Å². The van der Waals surface area contributed by atoms with E-state index in [4.69, 9.17) is 4.74 Å². The van der Waals surface area contributed by atoms with E-state index >= 15 is 0 Å². The molecule has 2 saturated heterocycles. The van der Waals surface area contributed by atoms with Crippen molar-refractivity contribution in [2.45, 2.75) is 45.1 Å². The van der Waals surface area contributed by atoms with Crippen molar-refractivity contribution in [3.8, 4) is 6.07 Å². The molecule has 1 amide bonds. The number of nitriles is 1. The van der Waals surface area contributed by atoms with Crippen LogP contribution in [0.3, 0.4) is 0 Å². The second-order valence-corrected chi connectivity index (χ2v) is 7.16. The predicted molar refractivity (Wildman–Crippen MR) is 83.1 cm³/mol. The molecule has 1 aliphatic carbocycles. The van der Waals surface area contributed by atoms with Gasteiger partial charge in [0.05, 0.1) is 19.3 Å². The predicted octanol–water partition coefficient (Wildman–Crippen LogP) is 1.64. The van der Waals surface area contributed by atoms with E-state index in [9.17, 15) is 10.1 Å². The zero-order chi connectivity index (χ0) is 15.6. The van der Waals surface area contributed by atoms with Crippen LogP contribution in [0.4, 0.5) is 0 Å².